The highest BCUT2D eigenvalue weighted by Crippen LogP contribution is 2.34. The quantitative estimate of drug-likeness (QED) is 0.778. The summed E-state index contributed by atoms with van der Waals surface area (Å²) in [6.07, 6.45) is 15.4. The zero-order chi connectivity index (χ0) is 17.1. The molecule has 0 N–H and O–H groups in total. The SMILES string of the molecule is O=C(CC1CCCCCC1)N1CCC[C@@H]1c1nnc2n1CCCCC2. The van der Waals surface area contributed by atoms with Crippen LogP contribution in [0.3, 0.4) is 0 Å². The van der Waals surface area contributed by atoms with E-state index in [0.29, 0.717) is 11.8 Å². The Kier molecular flexibility index (Phi) is 5.37. The summed E-state index contributed by atoms with van der Waals surface area (Å²) in [5.41, 5.74) is 0. The molecule has 5 nitrogen and oxygen atoms in total. The fourth-order valence-corrected chi connectivity index (χ4v) is 5.02. The van der Waals surface area contributed by atoms with Gasteiger partial charge in [-0.05, 0) is 44.4 Å². The molecule has 0 unspecified atom stereocenters. The van der Waals surface area contributed by atoms with Gasteiger partial charge in [0.25, 0.3) is 0 Å². The molecule has 5 heteroatoms. The highest BCUT2D eigenvalue weighted by molar-refractivity contribution is 5.77. The molecule has 1 saturated carbocycles. The zero-order valence-electron chi connectivity index (χ0n) is 15.5. The van der Waals surface area contributed by atoms with Crippen molar-refractivity contribution in [1.82, 2.24) is 19.7 Å². The third kappa shape index (κ3) is 3.75. The van der Waals surface area contributed by atoms with E-state index in [1.807, 2.05) is 0 Å². The molecule has 0 bridgehead atoms. The number of aryl methyl sites for hydroxylation is 1. The van der Waals surface area contributed by atoms with Crippen molar-refractivity contribution >= 4 is 5.91 Å². The van der Waals surface area contributed by atoms with E-state index in [0.717, 1.165) is 50.4 Å². The molecule has 1 aromatic heterocycles. The van der Waals surface area contributed by atoms with Gasteiger partial charge in [-0.2, -0.15) is 0 Å². The Morgan fingerprint density at radius 2 is 1.68 bits per heavy atom. The Morgan fingerprint density at radius 1 is 0.880 bits per heavy atom. The van der Waals surface area contributed by atoms with Crippen LogP contribution in [0.1, 0.15) is 94.7 Å². The van der Waals surface area contributed by atoms with Gasteiger partial charge < -0.3 is 9.47 Å². The minimum Gasteiger partial charge on any atom is -0.332 e. The van der Waals surface area contributed by atoms with Gasteiger partial charge in [-0.15, -0.1) is 10.2 Å². The molecule has 138 valence electrons. The first kappa shape index (κ1) is 17.0. The topological polar surface area (TPSA) is 51.0 Å². The van der Waals surface area contributed by atoms with E-state index in [2.05, 4.69) is 19.7 Å². The van der Waals surface area contributed by atoms with Gasteiger partial charge in [0.1, 0.15) is 5.82 Å². The molecule has 4 rings (SSSR count). The third-order valence-corrected chi connectivity index (χ3v) is 6.45. The summed E-state index contributed by atoms with van der Waals surface area (Å²) in [5.74, 6) is 3.16. The molecule has 0 aromatic carbocycles. The minimum absolute atomic E-state index is 0.164. The third-order valence-electron chi connectivity index (χ3n) is 6.45. The van der Waals surface area contributed by atoms with Gasteiger partial charge in [-0.3, -0.25) is 4.79 Å². The summed E-state index contributed by atoms with van der Waals surface area (Å²) in [6, 6.07) is 0.164. The van der Waals surface area contributed by atoms with Crippen LogP contribution in [0.5, 0.6) is 0 Å². The maximum Gasteiger partial charge on any atom is 0.223 e. The van der Waals surface area contributed by atoms with Crippen molar-refractivity contribution < 1.29 is 4.79 Å². The van der Waals surface area contributed by atoms with Crippen LogP contribution in [-0.2, 0) is 17.8 Å². The number of rotatable bonds is 3. The van der Waals surface area contributed by atoms with Gasteiger partial charge in [0.15, 0.2) is 5.82 Å². The highest BCUT2D eigenvalue weighted by atomic mass is 16.2. The lowest BCUT2D eigenvalue weighted by Crippen LogP contribution is -2.33. The Balaban J connectivity index is 1.47. The number of hydrogen-bond acceptors (Lipinski definition) is 3. The molecule has 3 heterocycles. The van der Waals surface area contributed by atoms with E-state index in [9.17, 15) is 4.79 Å². The van der Waals surface area contributed by atoms with Crippen LogP contribution in [0, 0.1) is 5.92 Å². The minimum atomic E-state index is 0.164. The molecular formula is C20H32N4O. The molecule has 1 aromatic rings. The Hall–Kier alpha value is -1.39. The highest BCUT2D eigenvalue weighted by Gasteiger charge is 2.35. The normalized spacial score (nSPS) is 25.4. The van der Waals surface area contributed by atoms with E-state index in [1.54, 1.807) is 0 Å². The summed E-state index contributed by atoms with van der Waals surface area (Å²) in [5, 5.41) is 8.99. The van der Waals surface area contributed by atoms with Crippen molar-refractivity contribution in [1.29, 1.82) is 0 Å². The number of hydrogen-bond donors (Lipinski definition) is 0. The molecule has 25 heavy (non-hydrogen) atoms. The summed E-state index contributed by atoms with van der Waals surface area (Å²) in [4.78, 5) is 15.2. The Labute approximate surface area is 151 Å². The van der Waals surface area contributed by atoms with Crippen LogP contribution >= 0.6 is 0 Å². The van der Waals surface area contributed by atoms with Crippen molar-refractivity contribution in [3.63, 3.8) is 0 Å². The molecule has 1 amide bonds. The number of likely N-dealkylation sites (tertiary alicyclic amines) is 1. The number of fused-ring (bicyclic) bond motifs is 1. The second-order valence-corrected chi connectivity index (χ2v) is 8.24. The van der Waals surface area contributed by atoms with Crippen molar-refractivity contribution in [2.24, 2.45) is 5.92 Å². The fraction of sp³-hybridized carbons (Fsp3) is 0.850. The first-order valence-corrected chi connectivity index (χ1v) is 10.5. The summed E-state index contributed by atoms with van der Waals surface area (Å²) >= 11 is 0. The number of nitrogens with zero attached hydrogens (tertiary/aromatic N) is 4. The van der Waals surface area contributed by atoms with E-state index in [-0.39, 0.29) is 6.04 Å². The maximum absolute atomic E-state index is 13.0. The van der Waals surface area contributed by atoms with E-state index >= 15 is 0 Å². The number of carbonyl (C=O) groups is 1. The van der Waals surface area contributed by atoms with Gasteiger partial charge >= 0.3 is 0 Å². The molecule has 1 saturated heterocycles. The average Bonchev–Trinajstić information content (AvgIpc) is 3.07. The van der Waals surface area contributed by atoms with Crippen molar-refractivity contribution in [2.45, 2.75) is 96.1 Å². The molecule has 0 spiro atoms. The Bertz CT molecular complexity index is 589. The van der Waals surface area contributed by atoms with Crippen molar-refractivity contribution in [3.8, 4) is 0 Å². The summed E-state index contributed by atoms with van der Waals surface area (Å²) in [6.45, 7) is 1.93. The van der Waals surface area contributed by atoms with E-state index in [1.165, 1.54) is 57.8 Å². The lowest BCUT2D eigenvalue weighted by Gasteiger charge is -2.26. The van der Waals surface area contributed by atoms with Crippen LogP contribution < -0.4 is 0 Å². The van der Waals surface area contributed by atoms with Crippen LogP contribution in [0.4, 0.5) is 0 Å². The fourth-order valence-electron chi connectivity index (χ4n) is 5.02. The van der Waals surface area contributed by atoms with E-state index in [4.69, 9.17) is 0 Å². The predicted molar refractivity (Wildman–Crippen MR) is 97.1 cm³/mol. The second-order valence-electron chi connectivity index (χ2n) is 8.24. The molecule has 1 aliphatic carbocycles. The first-order chi connectivity index (χ1) is 12.3. The van der Waals surface area contributed by atoms with Crippen molar-refractivity contribution in [2.75, 3.05) is 6.54 Å². The standard InChI is InChI=1S/C20H32N4O/c25-19(15-16-9-4-1-2-5-10-16)23-14-8-11-17(23)20-22-21-18-12-6-3-7-13-24(18)20/h16-17H,1-15H2/t17-/m1/s1. The molecule has 3 aliphatic rings. The summed E-state index contributed by atoms with van der Waals surface area (Å²) < 4.78 is 2.33. The average molecular weight is 345 g/mol. The smallest absolute Gasteiger partial charge is 0.223 e. The number of amides is 1. The lowest BCUT2D eigenvalue weighted by atomic mass is 9.96. The molecule has 1 atom stereocenters. The largest absolute Gasteiger partial charge is 0.332 e. The number of aromatic nitrogens is 3. The van der Waals surface area contributed by atoms with E-state index < -0.39 is 0 Å². The van der Waals surface area contributed by atoms with Gasteiger partial charge in [0, 0.05) is 25.9 Å². The van der Waals surface area contributed by atoms with Gasteiger partial charge in [-0.25, -0.2) is 0 Å². The molecule has 2 aliphatic heterocycles. The Morgan fingerprint density at radius 3 is 2.52 bits per heavy atom. The van der Waals surface area contributed by atoms with Crippen LogP contribution in [0.25, 0.3) is 0 Å². The van der Waals surface area contributed by atoms with Gasteiger partial charge in [0.05, 0.1) is 6.04 Å². The second kappa shape index (κ2) is 7.88. The molecule has 2 fully saturated rings. The van der Waals surface area contributed by atoms with Gasteiger partial charge in [-0.1, -0.05) is 32.1 Å². The monoisotopic (exact) mass is 344 g/mol. The molecule has 0 radical (unpaired) electrons. The lowest BCUT2D eigenvalue weighted by molar-refractivity contribution is -0.133. The van der Waals surface area contributed by atoms with Crippen LogP contribution in [-0.4, -0.2) is 32.1 Å². The number of carbonyl (C=O) groups excluding carboxylic acids is 1. The van der Waals surface area contributed by atoms with Gasteiger partial charge in [0.2, 0.25) is 5.91 Å². The predicted octanol–water partition coefficient (Wildman–Crippen LogP) is 4.03. The van der Waals surface area contributed by atoms with Crippen LogP contribution in [0.2, 0.25) is 0 Å². The molecular weight excluding hydrogens is 312 g/mol. The van der Waals surface area contributed by atoms with Crippen LogP contribution in [0.15, 0.2) is 0 Å². The first-order valence-electron chi connectivity index (χ1n) is 10.5. The maximum atomic E-state index is 13.0. The zero-order valence-corrected chi connectivity index (χ0v) is 15.5. The summed E-state index contributed by atoms with van der Waals surface area (Å²) in [7, 11) is 0. The van der Waals surface area contributed by atoms with Crippen molar-refractivity contribution in [3.05, 3.63) is 11.6 Å².